The Labute approximate surface area is 185 Å². The van der Waals surface area contributed by atoms with E-state index in [4.69, 9.17) is 25.8 Å². The molecule has 1 atom stereocenters. The highest BCUT2D eigenvalue weighted by Crippen LogP contribution is 2.29. The molecule has 0 aliphatic carbocycles. The van der Waals surface area contributed by atoms with Gasteiger partial charge < -0.3 is 19.3 Å². The van der Waals surface area contributed by atoms with Crippen LogP contribution in [0.4, 0.5) is 0 Å². The minimum atomic E-state index is -0.576. The molecule has 0 heterocycles. The fraction of sp³-hybridized carbons (Fsp3) is 0.500. The van der Waals surface area contributed by atoms with Crippen molar-refractivity contribution in [3.63, 3.8) is 0 Å². The molecule has 6 heteroatoms. The Morgan fingerprint density at radius 3 is 2.43 bits per heavy atom. The van der Waals surface area contributed by atoms with Crippen molar-refractivity contribution in [3.8, 4) is 11.5 Å². The van der Waals surface area contributed by atoms with E-state index >= 15 is 0 Å². The summed E-state index contributed by atoms with van der Waals surface area (Å²) >= 11 is 6.15. The lowest BCUT2D eigenvalue weighted by Gasteiger charge is -2.25. The second kappa shape index (κ2) is 13.5. The van der Waals surface area contributed by atoms with Crippen LogP contribution in [-0.2, 0) is 17.9 Å². The molecule has 166 valence electrons. The third-order valence-electron chi connectivity index (χ3n) is 4.55. The summed E-state index contributed by atoms with van der Waals surface area (Å²) in [5, 5.41) is 11.2. The maximum absolute atomic E-state index is 10.5. The van der Waals surface area contributed by atoms with Crippen molar-refractivity contribution >= 4 is 11.6 Å². The SMILES string of the molecule is CCCN(Cc1ccc(OCC)c(OCC)c1)C[C@@H](O)COCc1ccccc1Cl. The van der Waals surface area contributed by atoms with Crippen molar-refractivity contribution in [1.29, 1.82) is 0 Å². The summed E-state index contributed by atoms with van der Waals surface area (Å²) in [5.74, 6) is 1.52. The van der Waals surface area contributed by atoms with Gasteiger partial charge in [0.05, 0.1) is 32.5 Å². The van der Waals surface area contributed by atoms with Crippen molar-refractivity contribution < 1.29 is 19.3 Å². The number of benzene rings is 2. The van der Waals surface area contributed by atoms with Crippen molar-refractivity contribution in [2.75, 3.05) is 32.9 Å². The number of hydrogen-bond donors (Lipinski definition) is 1. The number of rotatable bonds is 14. The highest BCUT2D eigenvalue weighted by molar-refractivity contribution is 6.31. The van der Waals surface area contributed by atoms with Crippen LogP contribution >= 0.6 is 11.6 Å². The van der Waals surface area contributed by atoms with E-state index in [9.17, 15) is 5.11 Å². The lowest BCUT2D eigenvalue weighted by Crippen LogP contribution is -2.35. The van der Waals surface area contributed by atoms with Crippen molar-refractivity contribution in [1.82, 2.24) is 4.90 Å². The van der Waals surface area contributed by atoms with Gasteiger partial charge in [-0.05, 0) is 56.1 Å². The predicted molar refractivity (Wildman–Crippen MR) is 121 cm³/mol. The van der Waals surface area contributed by atoms with Gasteiger partial charge in [0.25, 0.3) is 0 Å². The normalized spacial score (nSPS) is 12.2. The number of aliphatic hydroxyl groups excluding tert-OH is 1. The third kappa shape index (κ3) is 8.15. The monoisotopic (exact) mass is 435 g/mol. The zero-order chi connectivity index (χ0) is 21.8. The molecule has 0 fully saturated rings. The van der Waals surface area contributed by atoms with E-state index in [0.717, 1.165) is 42.1 Å². The fourth-order valence-corrected chi connectivity index (χ4v) is 3.46. The van der Waals surface area contributed by atoms with E-state index in [-0.39, 0.29) is 6.61 Å². The molecule has 0 amide bonds. The van der Waals surface area contributed by atoms with Gasteiger partial charge in [0, 0.05) is 18.1 Å². The van der Waals surface area contributed by atoms with Crippen LogP contribution in [0.2, 0.25) is 5.02 Å². The first-order valence-corrected chi connectivity index (χ1v) is 11.0. The maximum atomic E-state index is 10.5. The molecule has 0 radical (unpaired) electrons. The lowest BCUT2D eigenvalue weighted by atomic mass is 10.1. The third-order valence-corrected chi connectivity index (χ3v) is 4.92. The number of ether oxygens (including phenoxy) is 3. The molecule has 1 N–H and O–H groups in total. The zero-order valence-electron chi connectivity index (χ0n) is 18.3. The van der Waals surface area contributed by atoms with E-state index in [1.165, 1.54) is 0 Å². The van der Waals surface area contributed by atoms with Crippen molar-refractivity contribution in [2.45, 2.75) is 46.4 Å². The van der Waals surface area contributed by atoms with E-state index in [1.54, 1.807) is 0 Å². The highest BCUT2D eigenvalue weighted by atomic mass is 35.5. The van der Waals surface area contributed by atoms with Gasteiger partial charge in [-0.1, -0.05) is 42.8 Å². The summed E-state index contributed by atoms with van der Waals surface area (Å²) in [6, 6.07) is 13.6. The van der Waals surface area contributed by atoms with Gasteiger partial charge in [0.1, 0.15) is 0 Å². The summed E-state index contributed by atoms with van der Waals surface area (Å²) in [7, 11) is 0. The first kappa shape index (κ1) is 24.5. The van der Waals surface area contributed by atoms with Gasteiger partial charge in [0.15, 0.2) is 11.5 Å². The minimum absolute atomic E-state index is 0.263. The van der Waals surface area contributed by atoms with Gasteiger partial charge in [-0.3, -0.25) is 4.90 Å². The molecule has 0 aromatic heterocycles. The summed E-state index contributed by atoms with van der Waals surface area (Å²) in [4.78, 5) is 2.23. The van der Waals surface area contributed by atoms with Crippen LogP contribution < -0.4 is 9.47 Å². The topological polar surface area (TPSA) is 51.2 Å². The van der Waals surface area contributed by atoms with Gasteiger partial charge >= 0.3 is 0 Å². The van der Waals surface area contributed by atoms with Gasteiger partial charge in [-0.15, -0.1) is 0 Å². The number of hydrogen-bond acceptors (Lipinski definition) is 5. The number of aliphatic hydroxyl groups is 1. The quantitative estimate of drug-likeness (QED) is 0.456. The molecular formula is C24H34ClNO4. The van der Waals surface area contributed by atoms with Crippen LogP contribution in [0.1, 0.15) is 38.3 Å². The second-order valence-electron chi connectivity index (χ2n) is 7.14. The molecule has 2 aromatic carbocycles. The smallest absolute Gasteiger partial charge is 0.161 e. The lowest BCUT2D eigenvalue weighted by molar-refractivity contribution is 0.00857. The summed E-state index contributed by atoms with van der Waals surface area (Å²) in [5.41, 5.74) is 2.05. The number of halogens is 1. The molecule has 2 aromatic rings. The molecule has 5 nitrogen and oxygen atoms in total. The Bertz CT molecular complexity index is 756. The van der Waals surface area contributed by atoms with Gasteiger partial charge in [0.2, 0.25) is 0 Å². The van der Waals surface area contributed by atoms with Crippen LogP contribution in [0.5, 0.6) is 11.5 Å². The Balaban J connectivity index is 1.91. The average molecular weight is 436 g/mol. The Kier molecular flexibility index (Phi) is 11.0. The van der Waals surface area contributed by atoms with E-state index in [1.807, 2.05) is 50.2 Å². The molecule has 0 aliphatic heterocycles. The van der Waals surface area contributed by atoms with E-state index in [2.05, 4.69) is 17.9 Å². The highest BCUT2D eigenvalue weighted by Gasteiger charge is 2.14. The minimum Gasteiger partial charge on any atom is -0.490 e. The molecule has 0 unspecified atom stereocenters. The second-order valence-corrected chi connectivity index (χ2v) is 7.55. The Hall–Kier alpha value is -1.79. The summed E-state index contributed by atoms with van der Waals surface area (Å²) < 4.78 is 17.1. The average Bonchev–Trinajstić information content (AvgIpc) is 2.72. The van der Waals surface area contributed by atoms with E-state index < -0.39 is 6.10 Å². The number of nitrogens with zero attached hydrogens (tertiary/aromatic N) is 1. The Morgan fingerprint density at radius 2 is 1.73 bits per heavy atom. The van der Waals surface area contributed by atoms with E-state index in [0.29, 0.717) is 31.4 Å². The Morgan fingerprint density at radius 1 is 1.00 bits per heavy atom. The van der Waals surface area contributed by atoms with Crippen LogP contribution in [0.3, 0.4) is 0 Å². The molecule has 0 aliphatic rings. The first-order valence-electron chi connectivity index (χ1n) is 10.7. The van der Waals surface area contributed by atoms with Crippen LogP contribution in [-0.4, -0.2) is 49.0 Å². The molecule has 0 saturated carbocycles. The van der Waals surface area contributed by atoms with Crippen molar-refractivity contribution in [3.05, 3.63) is 58.6 Å². The fourth-order valence-electron chi connectivity index (χ4n) is 3.27. The summed E-state index contributed by atoms with van der Waals surface area (Å²) in [6.45, 7) is 10.0. The molecule has 30 heavy (non-hydrogen) atoms. The standard InChI is InChI=1S/C24H34ClNO4/c1-4-13-26(15-19-11-12-23(29-5-2)24(14-19)30-6-3)16-21(27)18-28-17-20-9-7-8-10-22(20)25/h7-12,14,21,27H,4-6,13,15-18H2,1-3H3/t21-/m1/s1. The molecule has 0 spiro atoms. The van der Waals surface area contributed by atoms with Gasteiger partial charge in [-0.2, -0.15) is 0 Å². The van der Waals surface area contributed by atoms with Gasteiger partial charge in [-0.25, -0.2) is 0 Å². The summed E-state index contributed by atoms with van der Waals surface area (Å²) in [6.07, 6.45) is 0.427. The first-order chi connectivity index (χ1) is 14.6. The zero-order valence-corrected chi connectivity index (χ0v) is 19.0. The van der Waals surface area contributed by atoms with Crippen LogP contribution in [0, 0.1) is 0 Å². The van der Waals surface area contributed by atoms with Crippen molar-refractivity contribution in [2.24, 2.45) is 0 Å². The molecule has 0 bridgehead atoms. The largest absolute Gasteiger partial charge is 0.490 e. The maximum Gasteiger partial charge on any atom is 0.161 e. The molecule has 2 rings (SSSR count). The van der Waals surface area contributed by atoms with Crippen LogP contribution in [0.25, 0.3) is 0 Å². The van der Waals surface area contributed by atoms with Crippen LogP contribution in [0.15, 0.2) is 42.5 Å². The predicted octanol–water partition coefficient (Wildman–Crippen LogP) is 4.93. The molecule has 0 saturated heterocycles. The molecular weight excluding hydrogens is 402 g/mol.